The Hall–Kier alpha value is -1.40. The third-order valence-corrected chi connectivity index (χ3v) is 3.38. The van der Waals surface area contributed by atoms with Gasteiger partial charge >= 0.3 is 0 Å². The molecule has 0 saturated heterocycles. The standard InChI is InChI=1S/C13H15BrN2O3/c1-2-19-11-7-10(11)13(18)16-15-12(17)8-3-5-9(14)6-4-8/h3-6,10-11H,2,7H2,1H3,(H,15,17)(H,16,18). The second kappa shape index (κ2) is 6.16. The van der Waals surface area contributed by atoms with Crippen molar-refractivity contribution in [2.75, 3.05) is 6.61 Å². The van der Waals surface area contributed by atoms with E-state index in [0.717, 1.165) is 4.47 Å². The first-order valence-corrected chi connectivity index (χ1v) is 6.88. The molecule has 5 nitrogen and oxygen atoms in total. The van der Waals surface area contributed by atoms with E-state index in [1.54, 1.807) is 24.3 Å². The van der Waals surface area contributed by atoms with Gasteiger partial charge in [0.2, 0.25) is 5.91 Å². The predicted molar refractivity (Wildman–Crippen MR) is 73.3 cm³/mol. The summed E-state index contributed by atoms with van der Waals surface area (Å²) in [5.74, 6) is -0.691. The summed E-state index contributed by atoms with van der Waals surface area (Å²) in [6.45, 7) is 2.49. The minimum absolute atomic E-state index is 0.00502. The Morgan fingerprint density at radius 3 is 2.63 bits per heavy atom. The van der Waals surface area contributed by atoms with Gasteiger partial charge in [0.25, 0.3) is 5.91 Å². The normalized spacial score (nSPS) is 20.7. The van der Waals surface area contributed by atoms with E-state index in [1.165, 1.54) is 0 Å². The molecule has 0 spiro atoms. The molecule has 0 heterocycles. The number of hydrazine groups is 1. The Balaban J connectivity index is 1.78. The van der Waals surface area contributed by atoms with Crippen molar-refractivity contribution in [1.29, 1.82) is 0 Å². The second-order valence-corrected chi connectivity index (χ2v) is 5.20. The van der Waals surface area contributed by atoms with Crippen LogP contribution in [0, 0.1) is 5.92 Å². The SMILES string of the molecule is CCOC1CC1C(=O)NNC(=O)c1ccc(Br)cc1. The molecule has 1 saturated carbocycles. The number of ether oxygens (including phenoxy) is 1. The number of benzene rings is 1. The number of nitrogens with one attached hydrogen (secondary N) is 2. The summed E-state index contributed by atoms with van der Waals surface area (Å²) in [6, 6.07) is 6.88. The largest absolute Gasteiger partial charge is 0.378 e. The molecule has 1 aromatic carbocycles. The maximum absolute atomic E-state index is 11.7. The zero-order valence-corrected chi connectivity index (χ0v) is 12.1. The number of halogens is 1. The van der Waals surface area contributed by atoms with Gasteiger partial charge in [-0.2, -0.15) is 0 Å². The lowest BCUT2D eigenvalue weighted by atomic mass is 10.2. The predicted octanol–water partition coefficient (Wildman–Crippen LogP) is 1.64. The molecule has 0 aliphatic heterocycles. The Bertz CT molecular complexity index is 475. The van der Waals surface area contributed by atoms with Crippen LogP contribution in [0.15, 0.2) is 28.7 Å². The van der Waals surface area contributed by atoms with Gasteiger partial charge in [-0.25, -0.2) is 0 Å². The van der Waals surface area contributed by atoms with Crippen molar-refractivity contribution in [1.82, 2.24) is 10.9 Å². The maximum atomic E-state index is 11.7. The van der Waals surface area contributed by atoms with E-state index in [2.05, 4.69) is 26.8 Å². The van der Waals surface area contributed by atoms with Crippen LogP contribution in [0.5, 0.6) is 0 Å². The fourth-order valence-corrected chi connectivity index (χ4v) is 1.99. The first kappa shape index (κ1) is 14.0. The first-order valence-electron chi connectivity index (χ1n) is 6.09. The van der Waals surface area contributed by atoms with Crippen molar-refractivity contribution >= 4 is 27.7 Å². The van der Waals surface area contributed by atoms with Gasteiger partial charge < -0.3 is 4.74 Å². The van der Waals surface area contributed by atoms with Crippen molar-refractivity contribution in [3.63, 3.8) is 0 Å². The Kier molecular flexibility index (Phi) is 4.55. The molecule has 2 N–H and O–H groups in total. The molecule has 2 amide bonds. The van der Waals surface area contributed by atoms with Gasteiger partial charge in [0, 0.05) is 16.6 Å². The summed E-state index contributed by atoms with van der Waals surface area (Å²) in [6.07, 6.45) is 0.711. The highest BCUT2D eigenvalue weighted by Gasteiger charge is 2.44. The van der Waals surface area contributed by atoms with Crippen molar-refractivity contribution < 1.29 is 14.3 Å². The molecule has 2 rings (SSSR count). The summed E-state index contributed by atoms with van der Waals surface area (Å²) in [4.78, 5) is 23.4. The molecular formula is C13H15BrN2O3. The van der Waals surface area contributed by atoms with Crippen LogP contribution in [-0.2, 0) is 9.53 Å². The van der Waals surface area contributed by atoms with Crippen LogP contribution >= 0.6 is 15.9 Å². The highest BCUT2D eigenvalue weighted by atomic mass is 79.9. The van der Waals surface area contributed by atoms with E-state index < -0.39 is 0 Å². The number of hydrogen-bond acceptors (Lipinski definition) is 3. The van der Waals surface area contributed by atoms with Gasteiger partial charge in [0.05, 0.1) is 12.0 Å². The number of rotatable bonds is 4. The lowest BCUT2D eigenvalue weighted by Crippen LogP contribution is -2.42. The van der Waals surface area contributed by atoms with Crippen LogP contribution < -0.4 is 10.9 Å². The fraction of sp³-hybridized carbons (Fsp3) is 0.385. The second-order valence-electron chi connectivity index (χ2n) is 4.29. The van der Waals surface area contributed by atoms with Crippen LogP contribution in [0.1, 0.15) is 23.7 Å². The van der Waals surface area contributed by atoms with E-state index in [0.29, 0.717) is 18.6 Å². The van der Waals surface area contributed by atoms with Gasteiger partial charge in [-0.3, -0.25) is 20.4 Å². The Labute approximate surface area is 119 Å². The summed E-state index contributed by atoms with van der Waals surface area (Å²) < 4.78 is 6.21. The maximum Gasteiger partial charge on any atom is 0.269 e. The molecule has 0 radical (unpaired) electrons. The van der Waals surface area contributed by atoms with E-state index in [9.17, 15) is 9.59 Å². The molecule has 1 aliphatic carbocycles. The molecule has 1 aliphatic rings. The topological polar surface area (TPSA) is 67.4 Å². The van der Waals surface area contributed by atoms with Crippen LogP contribution in [0.2, 0.25) is 0 Å². The minimum Gasteiger partial charge on any atom is -0.378 e. The van der Waals surface area contributed by atoms with Crippen molar-refractivity contribution in [2.45, 2.75) is 19.4 Å². The smallest absolute Gasteiger partial charge is 0.269 e. The summed E-state index contributed by atoms with van der Waals surface area (Å²) in [7, 11) is 0. The number of carbonyl (C=O) groups excluding carboxylic acids is 2. The van der Waals surface area contributed by atoms with Crippen molar-refractivity contribution in [3.8, 4) is 0 Å². The monoisotopic (exact) mass is 326 g/mol. The molecule has 102 valence electrons. The van der Waals surface area contributed by atoms with Gasteiger partial charge in [-0.05, 0) is 37.6 Å². The van der Waals surface area contributed by atoms with Gasteiger partial charge in [0.1, 0.15) is 0 Å². The zero-order valence-electron chi connectivity index (χ0n) is 10.5. The minimum atomic E-state index is -0.338. The Morgan fingerprint density at radius 1 is 1.32 bits per heavy atom. The quantitative estimate of drug-likeness (QED) is 0.826. The van der Waals surface area contributed by atoms with Crippen LogP contribution in [0.4, 0.5) is 0 Å². The molecule has 19 heavy (non-hydrogen) atoms. The van der Waals surface area contributed by atoms with Gasteiger partial charge in [-0.15, -0.1) is 0 Å². The number of hydrogen-bond donors (Lipinski definition) is 2. The fourth-order valence-electron chi connectivity index (χ4n) is 1.73. The summed E-state index contributed by atoms with van der Waals surface area (Å²) in [5, 5.41) is 0. The van der Waals surface area contributed by atoms with Crippen molar-refractivity contribution in [2.24, 2.45) is 5.92 Å². The number of amides is 2. The first-order chi connectivity index (χ1) is 9.11. The average molecular weight is 327 g/mol. The van der Waals surface area contributed by atoms with E-state index >= 15 is 0 Å². The third kappa shape index (κ3) is 3.78. The van der Waals surface area contributed by atoms with E-state index in [4.69, 9.17) is 4.74 Å². The van der Waals surface area contributed by atoms with Crippen LogP contribution in [0.25, 0.3) is 0 Å². The van der Waals surface area contributed by atoms with Crippen LogP contribution in [-0.4, -0.2) is 24.5 Å². The molecule has 6 heteroatoms. The van der Waals surface area contributed by atoms with E-state index in [-0.39, 0.29) is 23.8 Å². The third-order valence-electron chi connectivity index (χ3n) is 2.86. The molecule has 2 unspecified atom stereocenters. The molecule has 0 bridgehead atoms. The molecule has 0 aromatic heterocycles. The lowest BCUT2D eigenvalue weighted by molar-refractivity contribution is -0.124. The molecule has 1 fully saturated rings. The van der Waals surface area contributed by atoms with E-state index in [1.807, 2.05) is 6.92 Å². The summed E-state index contributed by atoms with van der Waals surface area (Å²) in [5.41, 5.74) is 5.30. The zero-order chi connectivity index (χ0) is 13.8. The molecule has 2 atom stereocenters. The van der Waals surface area contributed by atoms with Gasteiger partial charge in [-0.1, -0.05) is 15.9 Å². The van der Waals surface area contributed by atoms with Gasteiger partial charge in [0.15, 0.2) is 0 Å². The average Bonchev–Trinajstić information content (AvgIpc) is 3.16. The van der Waals surface area contributed by atoms with Crippen molar-refractivity contribution in [3.05, 3.63) is 34.3 Å². The highest BCUT2D eigenvalue weighted by Crippen LogP contribution is 2.33. The highest BCUT2D eigenvalue weighted by molar-refractivity contribution is 9.10. The molecule has 1 aromatic rings. The summed E-state index contributed by atoms with van der Waals surface area (Å²) >= 11 is 3.29. The van der Waals surface area contributed by atoms with Crippen LogP contribution in [0.3, 0.4) is 0 Å². The number of carbonyl (C=O) groups is 2. The molecular weight excluding hydrogens is 312 g/mol. The lowest BCUT2D eigenvalue weighted by Gasteiger charge is -2.07. The Morgan fingerprint density at radius 2 is 2.00 bits per heavy atom.